The molecule has 2 fully saturated rings. The molecule has 0 aromatic heterocycles. The Bertz CT molecular complexity index is 488. The van der Waals surface area contributed by atoms with Gasteiger partial charge in [0.2, 0.25) is 0 Å². The van der Waals surface area contributed by atoms with Crippen LogP contribution in [-0.4, -0.2) is 43.3 Å². The van der Waals surface area contributed by atoms with Crippen molar-refractivity contribution in [2.24, 2.45) is 5.92 Å². The van der Waals surface area contributed by atoms with Gasteiger partial charge in [-0.15, -0.1) is 0 Å². The molecule has 1 unspecified atom stereocenters. The van der Waals surface area contributed by atoms with Crippen LogP contribution in [0.4, 0.5) is 4.79 Å². The van der Waals surface area contributed by atoms with Crippen LogP contribution in [0.3, 0.4) is 0 Å². The van der Waals surface area contributed by atoms with E-state index < -0.39 is 0 Å². The molecular weight excluding hydrogens is 256 g/mol. The third kappa shape index (κ3) is 2.58. The summed E-state index contributed by atoms with van der Waals surface area (Å²) in [6.45, 7) is 4.81. The molecule has 3 rings (SSSR count). The van der Waals surface area contributed by atoms with Gasteiger partial charge in [0.1, 0.15) is 11.9 Å². The van der Waals surface area contributed by atoms with Crippen molar-refractivity contribution in [2.45, 2.75) is 25.6 Å². The van der Waals surface area contributed by atoms with E-state index in [4.69, 9.17) is 9.47 Å². The van der Waals surface area contributed by atoms with Crippen molar-refractivity contribution < 1.29 is 14.3 Å². The molecule has 2 saturated heterocycles. The Morgan fingerprint density at radius 2 is 2.10 bits per heavy atom. The summed E-state index contributed by atoms with van der Waals surface area (Å²) in [6.07, 6.45) is -0.257. The van der Waals surface area contributed by atoms with Crippen LogP contribution < -0.4 is 10.1 Å². The minimum absolute atomic E-state index is 0.0228. The molecule has 0 bridgehead atoms. The molecule has 2 heterocycles. The van der Waals surface area contributed by atoms with E-state index in [0.29, 0.717) is 5.92 Å². The van der Waals surface area contributed by atoms with Crippen molar-refractivity contribution in [3.8, 4) is 5.75 Å². The van der Waals surface area contributed by atoms with Gasteiger partial charge in [0, 0.05) is 25.6 Å². The number of nitrogens with one attached hydrogen (secondary N) is 1. The van der Waals surface area contributed by atoms with E-state index in [1.54, 1.807) is 7.11 Å². The first-order valence-corrected chi connectivity index (χ1v) is 6.98. The number of nitrogens with zero attached hydrogens (tertiary/aromatic N) is 1. The maximum atomic E-state index is 11.3. The molecule has 2 aliphatic rings. The predicted octanol–water partition coefficient (Wildman–Crippen LogP) is 1.62. The Hall–Kier alpha value is -1.75. The normalized spacial score (nSPS) is 29.5. The number of amides is 1. The molecule has 1 aromatic rings. The van der Waals surface area contributed by atoms with Crippen molar-refractivity contribution >= 4 is 6.09 Å². The Labute approximate surface area is 118 Å². The second-order valence-corrected chi connectivity index (χ2v) is 5.64. The van der Waals surface area contributed by atoms with E-state index in [9.17, 15) is 4.79 Å². The monoisotopic (exact) mass is 276 g/mol. The quantitative estimate of drug-likeness (QED) is 0.911. The summed E-state index contributed by atoms with van der Waals surface area (Å²) in [5.41, 5.74) is 1.25. The highest BCUT2D eigenvalue weighted by atomic mass is 16.6. The topological polar surface area (TPSA) is 50.8 Å². The van der Waals surface area contributed by atoms with Gasteiger partial charge in [-0.25, -0.2) is 4.79 Å². The molecule has 5 nitrogen and oxygen atoms in total. The molecule has 0 saturated carbocycles. The SMILES string of the molecule is COc1ccc(CN2C[C@@H](C)C3OC(=O)N[C@@H]3C2)cc1. The number of ether oxygens (including phenoxy) is 2. The highest BCUT2D eigenvalue weighted by molar-refractivity contribution is 5.70. The molecule has 5 heteroatoms. The fourth-order valence-corrected chi connectivity index (χ4v) is 3.12. The zero-order valence-electron chi connectivity index (χ0n) is 11.8. The Morgan fingerprint density at radius 3 is 2.80 bits per heavy atom. The number of carbonyl (C=O) groups excluding carboxylic acids is 1. The number of fused-ring (bicyclic) bond motifs is 1. The van der Waals surface area contributed by atoms with Crippen LogP contribution in [0.25, 0.3) is 0 Å². The van der Waals surface area contributed by atoms with Crippen LogP contribution in [0.15, 0.2) is 24.3 Å². The van der Waals surface area contributed by atoms with Crippen LogP contribution in [0.1, 0.15) is 12.5 Å². The summed E-state index contributed by atoms with van der Waals surface area (Å²) < 4.78 is 10.5. The Balaban J connectivity index is 1.64. The third-order valence-electron chi connectivity index (χ3n) is 4.07. The first-order chi connectivity index (χ1) is 9.65. The maximum absolute atomic E-state index is 11.3. The van der Waals surface area contributed by atoms with Gasteiger partial charge in [-0.2, -0.15) is 0 Å². The largest absolute Gasteiger partial charge is 0.497 e. The molecular formula is C15H20N2O3. The van der Waals surface area contributed by atoms with E-state index in [-0.39, 0.29) is 18.2 Å². The summed E-state index contributed by atoms with van der Waals surface area (Å²) in [6, 6.07) is 8.24. The second kappa shape index (κ2) is 5.32. The van der Waals surface area contributed by atoms with Gasteiger partial charge >= 0.3 is 6.09 Å². The van der Waals surface area contributed by atoms with Gasteiger partial charge in [-0.1, -0.05) is 19.1 Å². The van der Waals surface area contributed by atoms with Gasteiger partial charge in [-0.05, 0) is 17.7 Å². The molecule has 0 aliphatic carbocycles. The number of carbonyl (C=O) groups is 1. The summed E-state index contributed by atoms with van der Waals surface area (Å²) in [7, 11) is 1.67. The average Bonchev–Trinajstić information content (AvgIpc) is 2.81. The number of hydrogen-bond donors (Lipinski definition) is 1. The smallest absolute Gasteiger partial charge is 0.407 e. The summed E-state index contributed by atoms with van der Waals surface area (Å²) >= 11 is 0. The zero-order valence-corrected chi connectivity index (χ0v) is 11.8. The Kier molecular flexibility index (Phi) is 3.53. The first kappa shape index (κ1) is 13.2. The lowest BCUT2D eigenvalue weighted by Gasteiger charge is -2.37. The van der Waals surface area contributed by atoms with E-state index >= 15 is 0 Å². The van der Waals surface area contributed by atoms with Crippen LogP contribution in [0.5, 0.6) is 5.75 Å². The minimum Gasteiger partial charge on any atom is -0.497 e. The van der Waals surface area contributed by atoms with E-state index in [0.717, 1.165) is 25.4 Å². The fourth-order valence-electron chi connectivity index (χ4n) is 3.12. The zero-order chi connectivity index (χ0) is 14.1. The van der Waals surface area contributed by atoms with Gasteiger partial charge in [0.15, 0.2) is 0 Å². The van der Waals surface area contributed by atoms with Crippen molar-refractivity contribution in [3.05, 3.63) is 29.8 Å². The van der Waals surface area contributed by atoms with Crippen LogP contribution in [0, 0.1) is 5.92 Å². The third-order valence-corrected chi connectivity index (χ3v) is 4.07. The summed E-state index contributed by atoms with van der Waals surface area (Å²) in [5, 5.41) is 2.90. The molecule has 108 valence electrons. The predicted molar refractivity (Wildman–Crippen MR) is 74.6 cm³/mol. The lowest BCUT2D eigenvalue weighted by Crippen LogP contribution is -2.52. The molecule has 0 spiro atoms. The van der Waals surface area contributed by atoms with Crippen LogP contribution in [0.2, 0.25) is 0 Å². The molecule has 3 atom stereocenters. The van der Waals surface area contributed by atoms with Crippen molar-refractivity contribution in [1.82, 2.24) is 10.2 Å². The number of methoxy groups -OCH3 is 1. The number of rotatable bonds is 3. The van der Waals surface area contributed by atoms with Crippen molar-refractivity contribution in [2.75, 3.05) is 20.2 Å². The first-order valence-electron chi connectivity index (χ1n) is 6.98. The molecule has 1 N–H and O–H groups in total. The standard InChI is InChI=1S/C15H20N2O3/c1-10-7-17(9-13-14(10)20-15(18)16-13)8-11-3-5-12(19-2)6-4-11/h3-6,10,13-14H,7-9H2,1-2H3,(H,16,18)/t10-,13-,14?/m1/s1. The lowest BCUT2D eigenvalue weighted by molar-refractivity contribution is 0.0354. The molecule has 0 radical (unpaired) electrons. The number of piperidine rings is 1. The van der Waals surface area contributed by atoms with Gasteiger partial charge in [0.05, 0.1) is 13.2 Å². The van der Waals surface area contributed by atoms with E-state index in [2.05, 4.69) is 29.3 Å². The molecule has 1 aromatic carbocycles. The molecule has 2 aliphatic heterocycles. The number of alkyl carbamates (subject to hydrolysis) is 1. The number of benzene rings is 1. The minimum atomic E-state index is -0.279. The van der Waals surface area contributed by atoms with Gasteiger partial charge in [0.25, 0.3) is 0 Å². The van der Waals surface area contributed by atoms with E-state index in [1.165, 1.54) is 5.56 Å². The maximum Gasteiger partial charge on any atom is 0.407 e. The highest BCUT2D eigenvalue weighted by Crippen LogP contribution is 2.25. The van der Waals surface area contributed by atoms with Crippen LogP contribution in [-0.2, 0) is 11.3 Å². The van der Waals surface area contributed by atoms with E-state index in [1.807, 2.05) is 12.1 Å². The number of hydrogen-bond acceptors (Lipinski definition) is 4. The van der Waals surface area contributed by atoms with Crippen molar-refractivity contribution in [3.63, 3.8) is 0 Å². The van der Waals surface area contributed by atoms with Crippen LogP contribution >= 0.6 is 0 Å². The number of likely N-dealkylation sites (tertiary alicyclic amines) is 1. The van der Waals surface area contributed by atoms with Crippen molar-refractivity contribution in [1.29, 1.82) is 0 Å². The fraction of sp³-hybridized carbons (Fsp3) is 0.533. The summed E-state index contributed by atoms with van der Waals surface area (Å²) in [5.74, 6) is 1.23. The highest BCUT2D eigenvalue weighted by Gasteiger charge is 2.42. The Morgan fingerprint density at radius 1 is 1.35 bits per heavy atom. The molecule has 1 amide bonds. The summed E-state index contributed by atoms with van der Waals surface area (Å²) in [4.78, 5) is 13.7. The van der Waals surface area contributed by atoms with Gasteiger partial charge < -0.3 is 14.8 Å². The van der Waals surface area contributed by atoms with Gasteiger partial charge in [-0.3, -0.25) is 4.90 Å². The second-order valence-electron chi connectivity index (χ2n) is 5.64. The lowest BCUT2D eigenvalue weighted by atomic mass is 9.92. The molecule has 20 heavy (non-hydrogen) atoms. The average molecular weight is 276 g/mol.